The number of methoxy groups -OCH3 is 2. The predicted molar refractivity (Wildman–Crippen MR) is 116 cm³/mol. The first-order chi connectivity index (χ1) is 16.0. The number of alkyl halides is 3. The lowest BCUT2D eigenvalue weighted by Crippen LogP contribution is -2.45. The Labute approximate surface area is 195 Å². The molecule has 34 heavy (non-hydrogen) atoms. The van der Waals surface area contributed by atoms with Crippen LogP contribution < -0.4 is 10.1 Å². The number of rotatable bonds is 10. The normalized spacial score (nSPS) is 13.3. The van der Waals surface area contributed by atoms with Crippen molar-refractivity contribution in [1.29, 1.82) is 5.26 Å². The number of nitrogens with one attached hydrogen (secondary N) is 1. The number of carbonyl (C=O) groups is 1. The van der Waals surface area contributed by atoms with Gasteiger partial charge in [0.05, 0.1) is 18.7 Å². The lowest BCUT2D eigenvalue weighted by atomic mass is 9.96. The zero-order valence-corrected chi connectivity index (χ0v) is 19.2. The van der Waals surface area contributed by atoms with Gasteiger partial charge in [-0.1, -0.05) is 26.0 Å². The summed E-state index contributed by atoms with van der Waals surface area (Å²) < 4.78 is 71.8. The molecule has 0 radical (unpaired) electrons. The van der Waals surface area contributed by atoms with Crippen LogP contribution in [0.4, 0.5) is 17.6 Å². The van der Waals surface area contributed by atoms with E-state index in [0.717, 1.165) is 19.2 Å². The van der Waals surface area contributed by atoms with E-state index in [2.05, 4.69) is 10.1 Å². The van der Waals surface area contributed by atoms with E-state index in [9.17, 15) is 23.2 Å². The highest BCUT2D eigenvalue weighted by molar-refractivity contribution is 5.76. The maximum atomic E-state index is 15.1. The zero-order valence-electron chi connectivity index (χ0n) is 19.2. The largest absolute Gasteiger partial charge is 0.468 e. The molecule has 0 bridgehead atoms. The van der Waals surface area contributed by atoms with Crippen molar-refractivity contribution in [1.82, 2.24) is 5.32 Å². The molecule has 2 atom stereocenters. The van der Waals surface area contributed by atoms with Gasteiger partial charge in [0.25, 0.3) is 0 Å². The average molecular weight is 482 g/mol. The molecule has 2 aromatic rings. The van der Waals surface area contributed by atoms with Gasteiger partial charge in [0.15, 0.2) is 6.79 Å². The Bertz CT molecular complexity index is 1030. The number of hydrogen-bond donors (Lipinski definition) is 1. The van der Waals surface area contributed by atoms with E-state index in [-0.39, 0.29) is 41.6 Å². The number of nitriles is 1. The molecule has 0 aliphatic heterocycles. The fourth-order valence-corrected chi connectivity index (χ4v) is 3.41. The summed E-state index contributed by atoms with van der Waals surface area (Å²) in [4.78, 5) is 12.1. The molecule has 1 N–H and O–H groups in total. The number of esters is 1. The van der Waals surface area contributed by atoms with Gasteiger partial charge in [-0.25, -0.2) is 4.39 Å². The van der Waals surface area contributed by atoms with Crippen molar-refractivity contribution >= 4 is 5.97 Å². The number of benzene rings is 2. The van der Waals surface area contributed by atoms with Crippen LogP contribution in [0.15, 0.2) is 36.4 Å². The van der Waals surface area contributed by atoms with Crippen LogP contribution in [0.2, 0.25) is 0 Å². The van der Waals surface area contributed by atoms with Crippen LogP contribution in [-0.4, -0.2) is 39.2 Å². The Morgan fingerprint density at radius 3 is 2.35 bits per heavy atom. The van der Waals surface area contributed by atoms with Gasteiger partial charge in [0, 0.05) is 18.2 Å². The van der Waals surface area contributed by atoms with Gasteiger partial charge in [0.2, 0.25) is 0 Å². The first-order valence-corrected chi connectivity index (χ1v) is 10.4. The van der Waals surface area contributed by atoms with Crippen LogP contribution >= 0.6 is 0 Å². The van der Waals surface area contributed by atoms with Crippen molar-refractivity contribution in [3.05, 3.63) is 53.3 Å². The second-order valence-corrected chi connectivity index (χ2v) is 7.96. The third kappa shape index (κ3) is 6.92. The Morgan fingerprint density at radius 1 is 1.12 bits per heavy atom. The number of halogens is 4. The number of ether oxygens (including phenoxy) is 3. The Balaban J connectivity index is 2.50. The van der Waals surface area contributed by atoms with Crippen molar-refractivity contribution in [2.45, 2.75) is 38.5 Å². The molecule has 1 unspecified atom stereocenters. The molecule has 0 aliphatic rings. The molecule has 0 aromatic heterocycles. The maximum Gasteiger partial charge on any atom is 0.407 e. The third-order valence-electron chi connectivity index (χ3n) is 4.95. The standard InChI is InChI=1S/C24H26F4N2O4/c1-14(2)9-20(23(31)33-4)30-22(24(26,27)28)16-6-7-17(19(25)11-16)18-10-15(12-29)5-8-21(18)34-13-32-3/h5-8,10-11,14,20,22,30H,9,13H2,1-4H3/t20-,22?/m0/s1. The average Bonchev–Trinajstić information content (AvgIpc) is 2.78. The molecule has 184 valence electrons. The molecule has 10 heteroatoms. The number of carbonyl (C=O) groups excluding carboxylic acids is 1. The molecule has 0 amide bonds. The lowest BCUT2D eigenvalue weighted by molar-refractivity contribution is -0.164. The third-order valence-corrected chi connectivity index (χ3v) is 4.95. The minimum absolute atomic E-state index is 0.0559. The molecular weight excluding hydrogens is 456 g/mol. The molecule has 0 spiro atoms. The molecule has 2 aromatic carbocycles. The highest BCUT2D eigenvalue weighted by atomic mass is 19.4. The first-order valence-electron chi connectivity index (χ1n) is 10.4. The summed E-state index contributed by atoms with van der Waals surface area (Å²) in [6, 6.07) is 5.72. The molecule has 0 aliphatic carbocycles. The molecule has 0 heterocycles. The van der Waals surface area contributed by atoms with Crippen LogP contribution in [0.25, 0.3) is 11.1 Å². The van der Waals surface area contributed by atoms with Crippen LogP contribution in [-0.2, 0) is 14.3 Å². The predicted octanol–water partition coefficient (Wildman–Crippen LogP) is 5.13. The summed E-state index contributed by atoms with van der Waals surface area (Å²) in [5, 5.41) is 11.5. The van der Waals surface area contributed by atoms with Crippen molar-refractivity contribution < 1.29 is 36.6 Å². The van der Waals surface area contributed by atoms with Crippen molar-refractivity contribution in [2.75, 3.05) is 21.0 Å². The van der Waals surface area contributed by atoms with Crippen LogP contribution in [0.5, 0.6) is 5.75 Å². The monoisotopic (exact) mass is 482 g/mol. The van der Waals surface area contributed by atoms with Gasteiger partial charge in [0.1, 0.15) is 23.7 Å². The second-order valence-electron chi connectivity index (χ2n) is 7.96. The van der Waals surface area contributed by atoms with Gasteiger partial charge >= 0.3 is 12.1 Å². The van der Waals surface area contributed by atoms with Gasteiger partial charge in [-0.3, -0.25) is 10.1 Å². The summed E-state index contributed by atoms with van der Waals surface area (Å²) >= 11 is 0. The SMILES string of the molecule is COCOc1ccc(C#N)cc1-c1ccc(C(N[C@@H](CC(C)C)C(=O)OC)C(F)(F)F)cc1F. The Morgan fingerprint density at radius 2 is 1.82 bits per heavy atom. The Kier molecular flexibility index (Phi) is 9.41. The summed E-state index contributed by atoms with van der Waals surface area (Å²) in [5.41, 5.74) is -0.0709. The number of hydrogen-bond acceptors (Lipinski definition) is 6. The lowest BCUT2D eigenvalue weighted by Gasteiger charge is -2.27. The fourth-order valence-electron chi connectivity index (χ4n) is 3.41. The highest BCUT2D eigenvalue weighted by Gasteiger charge is 2.43. The molecule has 0 fully saturated rings. The molecule has 2 rings (SSSR count). The highest BCUT2D eigenvalue weighted by Crippen LogP contribution is 2.38. The van der Waals surface area contributed by atoms with Crippen molar-refractivity contribution in [3.8, 4) is 22.9 Å². The molecule has 0 saturated carbocycles. The molecular formula is C24H26F4N2O4. The van der Waals surface area contributed by atoms with Crippen LogP contribution in [0, 0.1) is 23.1 Å². The van der Waals surface area contributed by atoms with Crippen LogP contribution in [0.1, 0.15) is 37.4 Å². The van der Waals surface area contributed by atoms with E-state index in [1.54, 1.807) is 13.8 Å². The fraction of sp³-hybridized carbons (Fsp3) is 0.417. The summed E-state index contributed by atoms with van der Waals surface area (Å²) in [5.74, 6) is -1.69. The molecule has 6 nitrogen and oxygen atoms in total. The summed E-state index contributed by atoms with van der Waals surface area (Å²) in [6.07, 6.45) is -4.72. The van der Waals surface area contributed by atoms with Crippen LogP contribution in [0.3, 0.4) is 0 Å². The van der Waals surface area contributed by atoms with E-state index in [1.807, 2.05) is 6.07 Å². The molecule has 0 saturated heterocycles. The summed E-state index contributed by atoms with van der Waals surface area (Å²) in [7, 11) is 2.48. The van der Waals surface area contributed by atoms with Gasteiger partial charge < -0.3 is 14.2 Å². The van der Waals surface area contributed by atoms with E-state index < -0.39 is 35.6 Å². The summed E-state index contributed by atoms with van der Waals surface area (Å²) in [6.45, 7) is 3.37. The van der Waals surface area contributed by atoms with E-state index in [0.29, 0.717) is 0 Å². The second kappa shape index (κ2) is 11.8. The van der Waals surface area contributed by atoms with E-state index in [1.165, 1.54) is 31.4 Å². The van der Waals surface area contributed by atoms with Crippen molar-refractivity contribution in [3.63, 3.8) is 0 Å². The minimum atomic E-state index is -4.81. The quantitative estimate of drug-likeness (QED) is 0.287. The Hall–Kier alpha value is -3.16. The van der Waals surface area contributed by atoms with E-state index >= 15 is 4.39 Å². The maximum absolute atomic E-state index is 15.1. The topological polar surface area (TPSA) is 80.6 Å². The zero-order chi connectivity index (χ0) is 25.5. The number of nitrogens with zero attached hydrogens (tertiary/aromatic N) is 1. The van der Waals surface area contributed by atoms with Crippen molar-refractivity contribution in [2.24, 2.45) is 5.92 Å². The van der Waals surface area contributed by atoms with Gasteiger partial charge in [-0.05, 0) is 42.2 Å². The minimum Gasteiger partial charge on any atom is -0.468 e. The van der Waals surface area contributed by atoms with Gasteiger partial charge in [-0.15, -0.1) is 0 Å². The van der Waals surface area contributed by atoms with Gasteiger partial charge in [-0.2, -0.15) is 18.4 Å². The van der Waals surface area contributed by atoms with E-state index in [4.69, 9.17) is 9.47 Å². The smallest absolute Gasteiger partial charge is 0.407 e. The first kappa shape index (κ1) is 27.1.